The van der Waals surface area contributed by atoms with Gasteiger partial charge in [0.05, 0.1) is 0 Å². The monoisotopic (exact) mass is 333 g/mol. The van der Waals surface area contributed by atoms with Gasteiger partial charge in [-0.2, -0.15) is 0 Å². The van der Waals surface area contributed by atoms with Gasteiger partial charge in [0.25, 0.3) is 0 Å². The van der Waals surface area contributed by atoms with Gasteiger partial charge in [-0.25, -0.2) is 4.98 Å². The Morgan fingerprint density at radius 1 is 0.947 bits per heavy atom. The smallest absolute Gasteiger partial charge is 0.439 e. The van der Waals surface area contributed by atoms with Gasteiger partial charge in [0.2, 0.25) is 5.88 Å². The van der Waals surface area contributed by atoms with E-state index in [0.29, 0.717) is 11.6 Å². The molecule has 100 valence electrons. The number of alkyl halides is 3. The average molecular weight is 334 g/mol. The summed E-state index contributed by atoms with van der Waals surface area (Å²) in [5, 5.41) is 0. The zero-order valence-electron chi connectivity index (χ0n) is 9.32. The second-order valence-electron chi connectivity index (χ2n) is 3.44. The van der Waals surface area contributed by atoms with Crippen LogP contribution in [0.2, 0.25) is 0 Å². The van der Waals surface area contributed by atoms with Crippen molar-refractivity contribution in [1.82, 2.24) is 4.98 Å². The van der Waals surface area contributed by atoms with Crippen LogP contribution in [0.1, 0.15) is 0 Å². The van der Waals surface area contributed by atoms with Gasteiger partial charge in [-0.1, -0.05) is 0 Å². The van der Waals surface area contributed by atoms with E-state index in [4.69, 9.17) is 4.74 Å². The first-order valence-electron chi connectivity index (χ1n) is 5.07. The molecule has 0 N–H and O–H groups in total. The van der Waals surface area contributed by atoms with Crippen LogP contribution in [0.25, 0.3) is 0 Å². The normalized spacial score (nSPS) is 11.2. The maximum atomic E-state index is 12.0. The van der Waals surface area contributed by atoms with Crippen molar-refractivity contribution in [3.63, 3.8) is 0 Å². The number of rotatable bonds is 3. The summed E-state index contributed by atoms with van der Waals surface area (Å²) < 4.78 is 45.8. The highest BCUT2D eigenvalue weighted by Crippen LogP contribution is 2.26. The Labute approximate surface area is 115 Å². The van der Waals surface area contributed by atoms with Crippen molar-refractivity contribution >= 4 is 15.9 Å². The Balaban J connectivity index is 2.04. The lowest BCUT2D eigenvalue weighted by Crippen LogP contribution is -2.16. The Morgan fingerprint density at radius 2 is 1.58 bits per heavy atom. The number of pyridine rings is 1. The molecule has 3 nitrogen and oxygen atoms in total. The third kappa shape index (κ3) is 4.44. The fourth-order valence-corrected chi connectivity index (χ4v) is 1.49. The van der Waals surface area contributed by atoms with Gasteiger partial charge < -0.3 is 9.47 Å². The minimum atomic E-state index is -4.70. The van der Waals surface area contributed by atoms with Gasteiger partial charge in [0.15, 0.2) is 0 Å². The van der Waals surface area contributed by atoms with Crippen LogP contribution in [0.15, 0.2) is 47.1 Å². The molecule has 0 aliphatic carbocycles. The highest BCUT2D eigenvalue weighted by atomic mass is 79.9. The van der Waals surface area contributed by atoms with Gasteiger partial charge in [-0.15, -0.1) is 13.2 Å². The number of aromatic nitrogens is 1. The Kier molecular flexibility index (Phi) is 3.94. The second-order valence-corrected chi connectivity index (χ2v) is 4.35. The molecule has 7 heteroatoms. The number of ether oxygens (including phenoxy) is 2. The van der Waals surface area contributed by atoms with Gasteiger partial charge in [-0.05, 0) is 46.3 Å². The van der Waals surface area contributed by atoms with E-state index in [-0.39, 0.29) is 5.75 Å². The van der Waals surface area contributed by atoms with Crippen LogP contribution in [0, 0.1) is 0 Å². The van der Waals surface area contributed by atoms with E-state index in [9.17, 15) is 13.2 Å². The number of halogens is 4. The molecule has 1 heterocycles. The number of benzene rings is 1. The summed E-state index contributed by atoms with van der Waals surface area (Å²) in [6.45, 7) is 0. The molecule has 0 amide bonds. The van der Waals surface area contributed by atoms with Crippen LogP contribution >= 0.6 is 15.9 Å². The standard InChI is InChI=1S/C12H7BrF3NO2/c13-8-1-6-11(17-7-8)18-9-2-4-10(5-3-9)19-12(14,15)16/h1-7H. The van der Waals surface area contributed by atoms with Crippen LogP contribution in [0.5, 0.6) is 17.4 Å². The highest BCUT2D eigenvalue weighted by molar-refractivity contribution is 9.10. The molecule has 2 aromatic rings. The third-order valence-electron chi connectivity index (χ3n) is 1.98. The molecule has 0 unspecified atom stereocenters. The summed E-state index contributed by atoms with van der Waals surface area (Å²) in [4.78, 5) is 3.98. The lowest BCUT2D eigenvalue weighted by molar-refractivity contribution is -0.274. The maximum Gasteiger partial charge on any atom is 0.573 e. The van der Waals surface area contributed by atoms with Crippen LogP contribution in [-0.4, -0.2) is 11.3 Å². The van der Waals surface area contributed by atoms with Crippen molar-refractivity contribution < 1.29 is 22.6 Å². The van der Waals surface area contributed by atoms with Crippen molar-refractivity contribution in [3.8, 4) is 17.4 Å². The van der Waals surface area contributed by atoms with E-state index in [1.54, 1.807) is 18.3 Å². The molecule has 0 fully saturated rings. The Bertz CT molecular complexity index is 540. The number of hydrogen-bond donors (Lipinski definition) is 0. The molecular weight excluding hydrogens is 327 g/mol. The summed E-state index contributed by atoms with van der Waals surface area (Å²) in [7, 11) is 0. The van der Waals surface area contributed by atoms with Crippen molar-refractivity contribution in [2.45, 2.75) is 6.36 Å². The third-order valence-corrected chi connectivity index (χ3v) is 2.45. The van der Waals surface area contributed by atoms with E-state index in [1.807, 2.05) is 0 Å². The number of hydrogen-bond acceptors (Lipinski definition) is 3. The summed E-state index contributed by atoms with van der Waals surface area (Å²) in [5.41, 5.74) is 0. The molecule has 0 saturated carbocycles. The minimum absolute atomic E-state index is 0.302. The molecular formula is C12H7BrF3NO2. The predicted octanol–water partition coefficient (Wildman–Crippen LogP) is 4.54. The van der Waals surface area contributed by atoms with Crippen LogP contribution in [0.3, 0.4) is 0 Å². The molecule has 1 aromatic carbocycles. The lowest BCUT2D eigenvalue weighted by Gasteiger charge is -2.09. The molecule has 0 spiro atoms. The largest absolute Gasteiger partial charge is 0.573 e. The quantitative estimate of drug-likeness (QED) is 0.826. The minimum Gasteiger partial charge on any atom is -0.439 e. The first kappa shape index (κ1) is 13.7. The zero-order valence-corrected chi connectivity index (χ0v) is 10.9. The van der Waals surface area contributed by atoms with Gasteiger partial charge >= 0.3 is 6.36 Å². The topological polar surface area (TPSA) is 31.4 Å². The molecule has 0 aliphatic rings. The first-order valence-corrected chi connectivity index (χ1v) is 5.87. The van der Waals surface area contributed by atoms with Gasteiger partial charge in [0.1, 0.15) is 11.5 Å². The first-order chi connectivity index (χ1) is 8.92. The van der Waals surface area contributed by atoms with Gasteiger partial charge in [-0.3, -0.25) is 0 Å². The average Bonchev–Trinajstić information content (AvgIpc) is 2.33. The lowest BCUT2D eigenvalue weighted by atomic mass is 10.3. The van der Waals surface area contributed by atoms with Crippen molar-refractivity contribution in [2.24, 2.45) is 0 Å². The summed E-state index contributed by atoms with van der Waals surface area (Å²) in [5.74, 6) is 0.403. The molecule has 2 rings (SSSR count). The van der Waals surface area contributed by atoms with Crippen LogP contribution in [-0.2, 0) is 0 Å². The van der Waals surface area contributed by atoms with E-state index in [1.165, 1.54) is 24.3 Å². The van der Waals surface area contributed by atoms with Crippen molar-refractivity contribution in [2.75, 3.05) is 0 Å². The van der Waals surface area contributed by atoms with Crippen molar-refractivity contribution in [1.29, 1.82) is 0 Å². The fourth-order valence-electron chi connectivity index (χ4n) is 1.25. The molecule has 0 bridgehead atoms. The van der Waals surface area contributed by atoms with Crippen molar-refractivity contribution in [3.05, 3.63) is 47.1 Å². The van der Waals surface area contributed by atoms with E-state index >= 15 is 0 Å². The summed E-state index contributed by atoms with van der Waals surface area (Å²) >= 11 is 3.23. The van der Waals surface area contributed by atoms with E-state index in [2.05, 4.69) is 25.7 Å². The Hall–Kier alpha value is -1.76. The molecule has 0 aliphatic heterocycles. The van der Waals surface area contributed by atoms with Gasteiger partial charge in [0, 0.05) is 16.7 Å². The predicted molar refractivity (Wildman–Crippen MR) is 65.1 cm³/mol. The number of nitrogens with zero attached hydrogens (tertiary/aromatic N) is 1. The maximum absolute atomic E-state index is 12.0. The van der Waals surface area contributed by atoms with Crippen LogP contribution < -0.4 is 9.47 Å². The molecule has 0 atom stereocenters. The second kappa shape index (κ2) is 5.48. The summed E-state index contributed by atoms with van der Waals surface area (Å²) in [6, 6.07) is 8.44. The fraction of sp³-hybridized carbons (Fsp3) is 0.0833. The molecule has 0 radical (unpaired) electrons. The van der Waals surface area contributed by atoms with Crippen LogP contribution in [0.4, 0.5) is 13.2 Å². The zero-order chi connectivity index (χ0) is 13.9. The highest BCUT2D eigenvalue weighted by Gasteiger charge is 2.30. The van der Waals surface area contributed by atoms with E-state index < -0.39 is 6.36 Å². The SMILES string of the molecule is FC(F)(F)Oc1ccc(Oc2ccc(Br)cn2)cc1. The summed E-state index contributed by atoms with van der Waals surface area (Å²) in [6.07, 6.45) is -3.15. The molecule has 1 aromatic heterocycles. The molecule has 19 heavy (non-hydrogen) atoms. The Morgan fingerprint density at radius 3 is 2.11 bits per heavy atom. The molecule has 0 saturated heterocycles. The van der Waals surface area contributed by atoms with E-state index in [0.717, 1.165) is 4.47 Å².